The predicted octanol–water partition coefficient (Wildman–Crippen LogP) is 2.53. The Balaban J connectivity index is 2.31. The number of carboxylic acid groups (broad SMARTS) is 1. The fraction of sp³-hybridized carbons (Fsp3) is 0.600. The van der Waals surface area contributed by atoms with E-state index < -0.39 is 5.97 Å². The topological polar surface area (TPSA) is 50.2 Å². The fourth-order valence-electron chi connectivity index (χ4n) is 1.60. The number of aryl methyl sites for hydroxylation is 1. The van der Waals surface area contributed by atoms with Gasteiger partial charge in [-0.2, -0.15) is 0 Å². The molecule has 3 nitrogen and oxygen atoms in total. The van der Waals surface area contributed by atoms with Gasteiger partial charge < -0.3 is 5.11 Å². The first-order valence-corrected chi connectivity index (χ1v) is 5.68. The van der Waals surface area contributed by atoms with Crippen LogP contribution in [0.3, 0.4) is 0 Å². The van der Waals surface area contributed by atoms with Crippen molar-refractivity contribution in [3.8, 4) is 0 Å². The molecule has 4 heteroatoms. The van der Waals surface area contributed by atoms with Gasteiger partial charge in [-0.05, 0) is 18.8 Å². The zero-order valence-electron chi connectivity index (χ0n) is 8.28. The van der Waals surface area contributed by atoms with Gasteiger partial charge in [0.15, 0.2) is 0 Å². The minimum absolute atomic E-state index is 0.432. The molecule has 0 bridgehead atoms. The Morgan fingerprint density at radius 2 is 2.36 bits per heavy atom. The largest absolute Gasteiger partial charge is 0.477 e. The smallest absolute Gasteiger partial charge is 0.347 e. The average molecular weight is 211 g/mol. The third kappa shape index (κ3) is 1.54. The van der Waals surface area contributed by atoms with Crippen LogP contribution in [-0.2, 0) is 6.42 Å². The molecule has 76 valence electrons. The molecule has 2 unspecified atom stereocenters. The Bertz CT molecular complexity index is 372. The lowest BCUT2D eigenvalue weighted by Gasteiger charge is -1.89. The number of carbonyl (C=O) groups is 1. The van der Waals surface area contributed by atoms with Crippen LogP contribution in [0.4, 0.5) is 0 Å². The minimum Gasteiger partial charge on any atom is -0.477 e. The highest BCUT2D eigenvalue weighted by molar-refractivity contribution is 7.13. The summed E-state index contributed by atoms with van der Waals surface area (Å²) in [6.07, 6.45) is 1.87. The summed E-state index contributed by atoms with van der Waals surface area (Å²) in [5.74, 6) is 0.379. The summed E-state index contributed by atoms with van der Waals surface area (Å²) in [4.78, 5) is 15.7. The van der Waals surface area contributed by atoms with Gasteiger partial charge in [-0.3, -0.25) is 0 Å². The molecule has 0 saturated heterocycles. The van der Waals surface area contributed by atoms with E-state index in [-0.39, 0.29) is 0 Å². The first kappa shape index (κ1) is 9.65. The Morgan fingerprint density at radius 3 is 2.71 bits per heavy atom. The maximum Gasteiger partial charge on any atom is 0.347 e. The van der Waals surface area contributed by atoms with Crippen LogP contribution in [-0.4, -0.2) is 16.1 Å². The normalized spacial score (nSPS) is 25.0. The first-order chi connectivity index (χ1) is 6.63. The van der Waals surface area contributed by atoms with Gasteiger partial charge in [-0.25, -0.2) is 9.78 Å². The Labute approximate surface area is 86.8 Å². The van der Waals surface area contributed by atoms with E-state index in [1.807, 2.05) is 6.92 Å². The first-order valence-electron chi connectivity index (χ1n) is 4.86. The summed E-state index contributed by atoms with van der Waals surface area (Å²) >= 11 is 1.36. The van der Waals surface area contributed by atoms with Crippen molar-refractivity contribution in [3.63, 3.8) is 0 Å². The molecule has 1 heterocycles. The van der Waals surface area contributed by atoms with E-state index >= 15 is 0 Å². The second-order valence-electron chi connectivity index (χ2n) is 3.81. The molecule has 1 N–H and O–H groups in total. The number of hydrogen-bond acceptors (Lipinski definition) is 3. The van der Waals surface area contributed by atoms with Crippen molar-refractivity contribution in [1.29, 1.82) is 0 Å². The van der Waals surface area contributed by atoms with Crippen molar-refractivity contribution in [1.82, 2.24) is 4.98 Å². The second kappa shape index (κ2) is 3.35. The zero-order chi connectivity index (χ0) is 10.3. The molecule has 1 saturated carbocycles. The van der Waals surface area contributed by atoms with Gasteiger partial charge in [0.1, 0.15) is 4.88 Å². The summed E-state index contributed by atoms with van der Waals surface area (Å²) in [7, 11) is 0. The molecule has 0 spiro atoms. The summed E-state index contributed by atoms with van der Waals surface area (Å²) in [5, 5.41) is 9.97. The zero-order valence-corrected chi connectivity index (χ0v) is 9.10. The molecule has 1 aliphatic rings. The molecule has 1 aliphatic carbocycles. The number of rotatable bonds is 3. The van der Waals surface area contributed by atoms with E-state index in [0.717, 1.165) is 17.1 Å². The van der Waals surface area contributed by atoms with Gasteiger partial charge in [-0.15, -0.1) is 11.3 Å². The van der Waals surface area contributed by atoms with Crippen molar-refractivity contribution >= 4 is 17.3 Å². The fourth-order valence-corrected chi connectivity index (χ4v) is 2.84. The SMILES string of the molecule is CCc1nc(C2CC2C)sc1C(=O)O. The molecular formula is C10H13NO2S. The van der Waals surface area contributed by atoms with Crippen LogP contribution in [0.5, 0.6) is 0 Å². The van der Waals surface area contributed by atoms with Crippen LogP contribution >= 0.6 is 11.3 Å². The van der Waals surface area contributed by atoms with E-state index in [1.54, 1.807) is 0 Å². The number of hydrogen-bond donors (Lipinski definition) is 1. The molecule has 0 amide bonds. The summed E-state index contributed by atoms with van der Waals surface area (Å²) in [5.41, 5.74) is 0.747. The van der Waals surface area contributed by atoms with Gasteiger partial charge in [0.2, 0.25) is 0 Å². The predicted molar refractivity (Wildman–Crippen MR) is 55.0 cm³/mol. The quantitative estimate of drug-likeness (QED) is 0.835. The Morgan fingerprint density at radius 1 is 1.71 bits per heavy atom. The molecule has 1 aromatic rings. The van der Waals surface area contributed by atoms with Crippen LogP contribution in [0.1, 0.15) is 46.6 Å². The van der Waals surface area contributed by atoms with Gasteiger partial charge >= 0.3 is 5.97 Å². The molecule has 0 radical (unpaired) electrons. The molecule has 1 aromatic heterocycles. The maximum absolute atomic E-state index is 10.9. The molecule has 1 fully saturated rings. The lowest BCUT2D eigenvalue weighted by Crippen LogP contribution is -1.97. The highest BCUT2D eigenvalue weighted by Gasteiger charge is 2.37. The summed E-state index contributed by atoms with van der Waals surface area (Å²) in [6, 6.07) is 0. The van der Waals surface area contributed by atoms with E-state index in [0.29, 0.717) is 23.1 Å². The molecule has 14 heavy (non-hydrogen) atoms. The van der Waals surface area contributed by atoms with Crippen molar-refractivity contribution < 1.29 is 9.90 Å². The lowest BCUT2D eigenvalue weighted by molar-refractivity contribution is 0.0701. The van der Waals surface area contributed by atoms with Gasteiger partial charge in [0.25, 0.3) is 0 Å². The van der Waals surface area contributed by atoms with Crippen LogP contribution < -0.4 is 0 Å². The molecule has 2 atom stereocenters. The third-order valence-electron chi connectivity index (χ3n) is 2.67. The number of aromatic carboxylic acids is 1. The van der Waals surface area contributed by atoms with Crippen LogP contribution in [0.15, 0.2) is 0 Å². The molecule has 0 aliphatic heterocycles. The minimum atomic E-state index is -0.834. The highest BCUT2D eigenvalue weighted by atomic mass is 32.1. The number of thiazole rings is 1. The van der Waals surface area contributed by atoms with Gasteiger partial charge in [-0.1, -0.05) is 13.8 Å². The van der Waals surface area contributed by atoms with Crippen molar-refractivity contribution in [2.75, 3.05) is 0 Å². The average Bonchev–Trinajstić information content (AvgIpc) is 2.72. The van der Waals surface area contributed by atoms with Gasteiger partial charge in [0.05, 0.1) is 10.7 Å². The van der Waals surface area contributed by atoms with Crippen LogP contribution in [0, 0.1) is 5.92 Å². The van der Waals surface area contributed by atoms with Crippen molar-refractivity contribution in [2.45, 2.75) is 32.6 Å². The Kier molecular flexibility index (Phi) is 2.31. The van der Waals surface area contributed by atoms with Gasteiger partial charge in [0, 0.05) is 5.92 Å². The third-order valence-corrected chi connectivity index (χ3v) is 3.89. The monoisotopic (exact) mass is 211 g/mol. The summed E-state index contributed by atoms with van der Waals surface area (Å²) in [6.45, 7) is 4.12. The van der Waals surface area contributed by atoms with E-state index in [9.17, 15) is 4.79 Å². The number of aromatic nitrogens is 1. The van der Waals surface area contributed by atoms with Crippen LogP contribution in [0.25, 0.3) is 0 Å². The molecule has 2 rings (SSSR count). The van der Waals surface area contributed by atoms with E-state index in [2.05, 4.69) is 11.9 Å². The standard InChI is InChI=1S/C10H13NO2S/c1-3-7-8(10(12)13)14-9(11-7)6-4-5(6)2/h5-6H,3-4H2,1-2H3,(H,12,13). The van der Waals surface area contributed by atoms with E-state index in [1.165, 1.54) is 11.3 Å². The Hall–Kier alpha value is -0.900. The number of nitrogens with zero attached hydrogens (tertiary/aromatic N) is 1. The van der Waals surface area contributed by atoms with Crippen molar-refractivity contribution in [3.05, 3.63) is 15.6 Å². The maximum atomic E-state index is 10.9. The number of carboxylic acids is 1. The lowest BCUT2D eigenvalue weighted by atomic mass is 10.3. The molecular weight excluding hydrogens is 198 g/mol. The van der Waals surface area contributed by atoms with Crippen LogP contribution in [0.2, 0.25) is 0 Å². The van der Waals surface area contributed by atoms with E-state index in [4.69, 9.17) is 5.11 Å². The molecule has 0 aromatic carbocycles. The highest BCUT2D eigenvalue weighted by Crippen LogP contribution is 2.48. The summed E-state index contributed by atoms with van der Waals surface area (Å²) < 4.78 is 0. The van der Waals surface area contributed by atoms with Crippen molar-refractivity contribution in [2.24, 2.45) is 5.92 Å². The second-order valence-corrected chi connectivity index (χ2v) is 4.84.